The Balaban J connectivity index is 1.40. The molecule has 164 valence electrons. The molecule has 7 heteroatoms. The van der Waals surface area contributed by atoms with Crippen LogP contribution in [0.1, 0.15) is 46.4 Å². The van der Waals surface area contributed by atoms with E-state index in [1.165, 1.54) is 12.1 Å². The fraction of sp³-hybridized carbons (Fsp3) is 0.417. The lowest BCUT2D eigenvalue weighted by Crippen LogP contribution is -2.36. The molecular formula is C24H25F3N2O2. The molecule has 0 aliphatic carbocycles. The van der Waals surface area contributed by atoms with Crippen LogP contribution in [0.3, 0.4) is 0 Å². The van der Waals surface area contributed by atoms with Gasteiger partial charge < -0.3 is 10.2 Å². The van der Waals surface area contributed by atoms with Gasteiger partial charge in [-0.15, -0.1) is 0 Å². The van der Waals surface area contributed by atoms with Gasteiger partial charge in [-0.1, -0.05) is 0 Å². The summed E-state index contributed by atoms with van der Waals surface area (Å²) in [4.78, 5) is 27.2. The van der Waals surface area contributed by atoms with Crippen LogP contribution in [-0.4, -0.2) is 37.7 Å². The van der Waals surface area contributed by atoms with E-state index in [0.29, 0.717) is 31.6 Å². The predicted octanol–water partition coefficient (Wildman–Crippen LogP) is 4.39. The monoisotopic (exact) mass is 430 g/mol. The number of hydrogen-bond acceptors (Lipinski definition) is 4. The van der Waals surface area contributed by atoms with E-state index in [0.717, 1.165) is 38.1 Å². The smallest absolute Gasteiger partial charge is 0.169 e. The zero-order chi connectivity index (χ0) is 22.0. The van der Waals surface area contributed by atoms with Crippen molar-refractivity contribution in [3.63, 3.8) is 0 Å². The maximum Gasteiger partial charge on any atom is 0.169 e. The van der Waals surface area contributed by atoms with E-state index < -0.39 is 17.5 Å². The van der Waals surface area contributed by atoms with Gasteiger partial charge in [-0.05, 0) is 69.1 Å². The molecule has 0 aromatic heterocycles. The molecule has 2 heterocycles. The average molecular weight is 430 g/mol. The van der Waals surface area contributed by atoms with E-state index in [1.54, 1.807) is 12.1 Å². The summed E-state index contributed by atoms with van der Waals surface area (Å²) in [6, 6.07) is 7.68. The predicted molar refractivity (Wildman–Crippen MR) is 112 cm³/mol. The van der Waals surface area contributed by atoms with Crippen molar-refractivity contribution >= 4 is 17.3 Å². The Kier molecular flexibility index (Phi) is 6.41. The number of hydrogen-bond donors (Lipinski definition) is 1. The standard InChI is InChI=1S/C24H25F3N2O2/c25-17-1-3-19(21(26)13-17)24(31)16-7-11-29(12-8-16)18-2-4-20(22(27)14-18)23(30)15-5-9-28-10-6-15/h1-4,13-16,28H,5-12H2. The molecule has 2 saturated heterocycles. The number of piperidine rings is 2. The van der Waals surface area contributed by atoms with E-state index in [9.17, 15) is 22.8 Å². The number of nitrogens with zero attached hydrogens (tertiary/aromatic N) is 1. The first kappa shape index (κ1) is 21.6. The molecule has 4 rings (SSSR count). The van der Waals surface area contributed by atoms with E-state index in [2.05, 4.69) is 5.32 Å². The van der Waals surface area contributed by atoms with Crippen LogP contribution < -0.4 is 10.2 Å². The van der Waals surface area contributed by atoms with Gasteiger partial charge in [-0.2, -0.15) is 0 Å². The van der Waals surface area contributed by atoms with Crippen LogP contribution in [0, 0.1) is 29.3 Å². The molecule has 2 aliphatic rings. The van der Waals surface area contributed by atoms with Gasteiger partial charge in [0.15, 0.2) is 11.6 Å². The van der Waals surface area contributed by atoms with Gasteiger partial charge in [0.05, 0.1) is 11.1 Å². The highest BCUT2D eigenvalue weighted by atomic mass is 19.1. The van der Waals surface area contributed by atoms with Crippen molar-refractivity contribution in [2.45, 2.75) is 25.7 Å². The summed E-state index contributed by atoms with van der Waals surface area (Å²) in [6.45, 7) is 2.57. The van der Waals surface area contributed by atoms with Crippen LogP contribution >= 0.6 is 0 Å². The molecule has 2 aromatic rings. The molecule has 0 amide bonds. The minimum absolute atomic E-state index is 0.0910. The lowest BCUT2D eigenvalue weighted by atomic mass is 9.88. The van der Waals surface area contributed by atoms with Gasteiger partial charge in [0.2, 0.25) is 0 Å². The van der Waals surface area contributed by atoms with Gasteiger partial charge >= 0.3 is 0 Å². The van der Waals surface area contributed by atoms with Crippen molar-refractivity contribution in [3.05, 3.63) is 65.0 Å². The SMILES string of the molecule is O=C(c1ccc(N2CCC(C(=O)c3ccc(F)cc3F)CC2)cc1F)C1CCNCC1. The van der Waals surface area contributed by atoms with Crippen molar-refractivity contribution in [3.8, 4) is 0 Å². The number of ketones is 2. The van der Waals surface area contributed by atoms with Crippen molar-refractivity contribution in [1.29, 1.82) is 0 Å². The Morgan fingerprint density at radius 2 is 1.32 bits per heavy atom. The minimum atomic E-state index is -0.844. The molecule has 2 aliphatic heterocycles. The molecule has 0 unspecified atom stereocenters. The van der Waals surface area contributed by atoms with Gasteiger partial charge in [-0.25, -0.2) is 13.2 Å². The molecule has 2 fully saturated rings. The van der Waals surface area contributed by atoms with Crippen molar-refractivity contribution < 1.29 is 22.8 Å². The molecule has 0 spiro atoms. The Morgan fingerprint density at radius 3 is 1.90 bits per heavy atom. The van der Waals surface area contributed by atoms with Gasteiger partial charge in [0.1, 0.15) is 17.5 Å². The molecule has 2 aromatic carbocycles. The van der Waals surface area contributed by atoms with E-state index in [4.69, 9.17) is 0 Å². The van der Waals surface area contributed by atoms with Gasteiger partial charge in [0, 0.05) is 36.7 Å². The zero-order valence-electron chi connectivity index (χ0n) is 17.2. The van der Waals surface area contributed by atoms with Gasteiger partial charge in [-0.3, -0.25) is 9.59 Å². The Bertz CT molecular complexity index is 981. The topological polar surface area (TPSA) is 49.4 Å². The van der Waals surface area contributed by atoms with E-state index in [-0.39, 0.29) is 34.5 Å². The van der Waals surface area contributed by atoms with Crippen LogP contribution in [0.15, 0.2) is 36.4 Å². The second-order valence-corrected chi connectivity index (χ2v) is 8.30. The third kappa shape index (κ3) is 4.66. The summed E-state index contributed by atoms with van der Waals surface area (Å²) < 4.78 is 41.8. The first-order chi connectivity index (χ1) is 14.9. The second kappa shape index (κ2) is 9.22. The number of anilines is 1. The Hall–Kier alpha value is -2.67. The molecular weight excluding hydrogens is 405 g/mol. The zero-order valence-corrected chi connectivity index (χ0v) is 17.2. The number of nitrogens with one attached hydrogen (secondary N) is 1. The molecule has 0 saturated carbocycles. The number of carbonyl (C=O) groups is 2. The first-order valence-electron chi connectivity index (χ1n) is 10.7. The molecule has 1 N–H and O–H groups in total. The first-order valence-corrected chi connectivity index (χ1v) is 10.7. The Morgan fingerprint density at radius 1 is 0.774 bits per heavy atom. The lowest BCUT2D eigenvalue weighted by Gasteiger charge is -2.33. The summed E-state index contributed by atoms with van der Waals surface area (Å²) in [5, 5.41) is 3.20. The molecule has 31 heavy (non-hydrogen) atoms. The fourth-order valence-corrected chi connectivity index (χ4v) is 4.51. The number of benzene rings is 2. The number of Topliss-reactive ketones (excluding diaryl/α,β-unsaturated/α-hetero) is 2. The lowest BCUT2D eigenvalue weighted by molar-refractivity contribution is 0.0884. The fourth-order valence-electron chi connectivity index (χ4n) is 4.51. The van der Waals surface area contributed by atoms with Crippen LogP contribution in [0.25, 0.3) is 0 Å². The highest BCUT2D eigenvalue weighted by Gasteiger charge is 2.29. The van der Waals surface area contributed by atoms with Gasteiger partial charge in [0.25, 0.3) is 0 Å². The summed E-state index contributed by atoms with van der Waals surface area (Å²) >= 11 is 0. The summed E-state index contributed by atoms with van der Waals surface area (Å²) in [5.41, 5.74) is 0.706. The van der Waals surface area contributed by atoms with Crippen molar-refractivity contribution in [2.75, 3.05) is 31.1 Å². The van der Waals surface area contributed by atoms with E-state index >= 15 is 0 Å². The number of halogens is 3. The maximum atomic E-state index is 14.7. The third-order valence-electron chi connectivity index (χ3n) is 6.36. The molecule has 0 radical (unpaired) electrons. The third-order valence-corrected chi connectivity index (χ3v) is 6.36. The summed E-state index contributed by atoms with van der Waals surface area (Å²) in [5.74, 6) is -3.05. The highest BCUT2D eigenvalue weighted by Crippen LogP contribution is 2.29. The Labute approximate surface area is 179 Å². The molecule has 4 nitrogen and oxygen atoms in total. The van der Waals surface area contributed by atoms with Crippen molar-refractivity contribution in [1.82, 2.24) is 5.32 Å². The van der Waals surface area contributed by atoms with Crippen molar-refractivity contribution in [2.24, 2.45) is 11.8 Å². The van der Waals surface area contributed by atoms with Crippen LogP contribution in [0.4, 0.5) is 18.9 Å². The number of rotatable bonds is 5. The van der Waals surface area contributed by atoms with E-state index in [1.807, 2.05) is 4.90 Å². The largest absolute Gasteiger partial charge is 0.371 e. The average Bonchev–Trinajstić information content (AvgIpc) is 2.79. The van der Waals surface area contributed by atoms with Crippen LogP contribution in [-0.2, 0) is 0 Å². The second-order valence-electron chi connectivity index (χ2n) is 8.30. The number of carbonyl (C=O) groups excluding carboxylic acids is 2. The summed E-state index contributed by atoms with van der Waals surface area (Å²) in [7, 11) is 0. The summed E-state index contributed by atoms with van der Waals surface area (Å²) in [6.07, 6.45) is 2.42. The highest BCUT2D eigenvalue weighted by molar-refractivity contribution is 5.99. The van der Waals surface area contributed by atoms with Crippen LogP contribution in [0.5, 0.6) is 0 Å². The quantitative estimate of drug-likeness (QED) is 0.715. The molecule has 0 atom stereocenters. The van der Waals surface area contributed by atoms with Crippen LogP contribution in [0.2, 0.25) is 0 Å². The minimum Gasteiger partial charge on any atom is -0.371 e. The normalized spacial score (nSPS) is 18.2. The molecule has 0 bridgehead atoms. The maximum absolute atomic E-state index is 14.7.